The number of anilines is 1. The predicted molar refractivity (Wildman–Crippen MR) is 57.8 cm³/mol. The van der Waals surface area contributed by atoms with Crippen LogP contribution in [0.2, 0.25) is 0 Å². The smallest absolute Gasteiger partial charge is 0.264 e. The second kappa shape index (κ2) is 4.02. The maximum atomic E-state index is 11.5. The molecule has 0 bridgehead atoms. The van der Waals surface area contributed by atoms with E-state index in [1.54, 1.807) is 19.2 Å². The van der Waals surface area contributed by atoms with Gasteiger partial charge in [-0.1, -0.05) is 0 Å². The molecule has 0 spiro atoms. The Labute approximate surface area is 93.2 Å². The molecule has 0 unspecified atom stereocenters. The van der Waals surface area contributed by atoms with Gasteiger partial charge in [0.2, 0.25) is 0 Å². The van der Waals surface area contributed by atoms with E-state index in [0.29, 0.717) is 22.7 Å². The number of aliphatic hydroxyl groups excluding tert-OH is 1. The van der Waals surface area contributed by atoms with Crippen molar-refractivity contribution in [2.24, 2.45) is 0 Å². The van der Waals surface area contributed by atoms with Crippen LogP contribution in [0.4, 0.5) is 5.69 Å². The summed E-state index contributed by atoms with van der Waals surface area (Å²) in [7, 11) is 3.20. The molecule has 1 heterocycles. The lowest BCUT2D eigenvalue weighted by molar-refractivity contribution is -0.121. The highest BCUT2D eigenvalue weighted by molar-refractivity contribution is 5.98. The predicted octanol–water partition coefficient (Wildman–Crippen LogP) is 0.543. The number of carbonyl (C=O) groups excluding carboxylic acids is 1. The lowest BCUT2D eigenvalue weighted by Gasteiger charge is -2.27. The number of methoxy groups -OCH3 is 1. The number of ether oxygens (including phenoxy) is 2. The van der Waals surface area contributed by atoms with Crippen molar-refractivity contribution in [3.05, 3.63) is 17.7 Å². The number of likely N-dealkylation sites (N-methyl/N-ethyl adjacent to an activating group) is 1. The molecular weight excluding hydrogens is 210 g/mol. The minimum atomic E-state index is -0.121. The summed E-state index contributed by atoms with van der Waals surface area (Å²) in [5.74, 6) is 0.951. The normalized spacial score (nSPS) is 14.4. The summed E-state index contributed by atoms with van der Waals surface area (Å²) in [5, 5.41) is 9.11. The van der Waals surface area contributed by atoms with Crippen LogP contribution < -0.4 is 14.4 Å². The van der Waals surface area contributed by atoms with Gasteiger partial charge in [0, 0.05) is 7.05 Å². The summed E-state index contributed by atoms with van der Waals surface area (Å²) >= 11 is 0. The summed E-state index contributed by atoms with van der Waals surface area (Å²) in [4.78, 5) is 13.0. The number of amides is 1. The van der Waals surface area contributed by atoms with Crippen LogP contribution in [-0.4, -0.2) is 31.8 Å². The Hall–Kier alpha value is -1.75. The second-order valence-electron chi connectivity index (χ2n) is 3.55. The molecule has 0 aromatic heterocycles. The van der Waals surface area contributed by atoms with Gasteiger partial charge in [0.05, 0.1) is 19.4 Å². The van der Waals surface area contributed by atoms with Crippen LogP contribution in [0.15, 0.2) is 12.1 Å². The van der Waals surface area contributed by atoms with E-state index < -0.39 is 0 Å². The third kappa shape index (κ3) is 1.59. The molecule has 1 aromatic rings. The van der Waals surface area contributed by atoms with Gasteiger partial charge in [-0.2, -0.15) is 0 Å². The lowest BCUT2D eigenvalue weighted by Crippen LogP contribution is -2.35. The van der Waals surface area contributed by atoms with E-state index >= 15 is 0 Å². The molecular formula is C11H13NO4. The molecule has 0 aliphatic carbocycles. The van der Waals surface area contributed by atoms with E-state index in [1.165, 1.54) is 12.0 Å². The van der Waals surface area contributed by atoms with E-state index in [2.05, 4.69) is 0 Å². The van der Waals surface area contributed by atoms with E-state index in [1.807, 2.05) is 0 Å². The molecule has 2 rings (SSSR count). The number of benzene rings is 1. The molecule has 1 amide bonds. The van der Waals surface area contributed by atoms with E-state index in [0.717, 1.165) is 0 Å². The quantitative estimate of drug-likeness (QED) is 0.795. The van der Waals surface area contributed by atoms with Crippen LogP contribution in [0.3, 0.4) is 0 Å². The summed E-state index contributed by atoms with van der Waals surface area (Å²) in [6.45, 7) is -0.0933. The molecule has 5 nitrogen and oxygen atoms in total. The molecule has 0 fully saturated rings. The van der Waals surface area contributed by atoms with E-state index in [-0.39, 0.29) is 19.1 Å². The third-order valence-corrected chi connectivity index (χ3v) is 2.57. The third-order valence-electron chi connectivity index (χ3n) is 2.57. The molecule has 0 saturated carbocycles. The Bertz CT molecular complexity index is 430. The zero-order valence-corrected chi connectivity index (χ0v) is 9.19. The summed E-state index contributed by atoms with van der Waals surface area (Å²) in [5.41, 5.74) is 1.31. The van der Waals surface area contributed by atoms with Gasteiger partial charge in [0.15, 0.2) is 18.1 Å². The highest BCUT2D eigenvalue weighted by Gasteiger charge is 2.25. The molecule has 1 N–H and O–H groups in total. The molecule has 16 heavy (non-hydrogen) atoms. The summed E-state index contributed by atoms with van der Waals surface area (Å²) < 4.78 is 10.5. The fourth-order valence-corrected chi connectivity index (χ4v) is 1.65. The first-order chi connectivity index (χ1) is 7.67. The van der Waals surface area contributed by atoms with Gasteiger partial charge in [-0.3, -0.25) is 4.79 Å². The topological polar surface area (TPSA) is 59.0 Å². The van der Waals surface area contributed by atoms with Crippen molar-refractivity contribution in [1.29, 1.82) is 0 Å². The number of carbonyl (C=O) groups is 1. The van der Waals surface area contributed by atoms with Gasteiger partial charge < -0.3 is 19.5 Å². The summed E-state index contributed by atoms with van der Waals surface area (Å²) in [6.07, 6.45) is 0. The fraction of sp³-hybridized carbons (Fsp3) is 0.364. The zero-order chi connectivity index (χ0) is 11.7. The number of nitrogens with zero attached hydrogens (tertiary/aromatic N) is 1. The Morgan fingerprint density at radius 2 is 2.31 bits per heavy atom. The molecule has 0 atom stereocenters. The first kappa shape index (κ1) is 10.8. The molecule has 0 radical (unpaired) electrons. The van der Waals surface area contributed by atoms with Crippen LogP contribution in [0, 0.1) is 0 Å². The van der Waals surface area contributed by atoms with Gasteiger partial charge in [0.1, 0.15) is 0 Å². The number of hydrogen-bond acceptors (Lipinski definition) is 4. The van der Waals surface area contributed by atoms with Crippen molar-refractivity contribution in [3.8, 4) is 11.5 Å². The number of aliphatic hydroxyl groups is 1. The standard InChI is InChI=1S/C11H13NO4/c1-12-8-3-7(5-13)4-9(15-2)11(8)16-6-10(12)14/h3-4,13H,5-6H2,1-2H3. The van der Waals surface area contributed by atoms with Crippen molar-refractivity contribution in [2.45, 2.75) is 6.61 Å². The lowest BCUT2D eigenvalue weighted by atomic mass is 10.1. The van der Waals surface area contributed by atoms with Crippen LogP contribution in [-0.2, 0) is 11.4 Å². The average molecular weight is 223 g/mol. The van der Waals surface area contributed by atoms with Crippen molar-refractivity contribution >= 4 is 11.6 Å². The van der Waals surface area contributed by atoms with Crippen molar-refractivity contribution < 1.29 is 19.4 Å². The SMILES string of the molecule is COc1cc(CO)cc2c1OCC(=O)N2C. The molecule has 1 aliphatic rings. The van der Waals surface area contributed by atoms with Gasteiger partial charge in [0.25, 0.3) is 5.91 Å². The highest BCUT2D eigenvalue weighted by Crippen LogP contribution is 2.40. The summed E-state index contributed by atoms with van der Waals surface area (Å²) in [6, 6.07) is 3.41. The highest BCUT2D eigenvalue weighted by atomic mass is 16.5. The van der Waals surface area contributed by atoms with Crippen LogP contribution in [0.5, 0.6) is 11.5 Å². The molecule has 0 saturated heterocycles. The fourth-order valence-electron chi connectivity index (χ4n) is 1.65. The minimum Gasteiger partial charge on any atom is -0.493 e. The Kier molecular flexibility index (Phi) is 2.70. The van der Waals surface area contributed by atoms with Crippen molar-refractivity contribution in [2.75, 3.05) is 25.7 Å². The van der Waals surface area contributed by atoms with Crippen molar-refractivity contribution in [1.82, 2.24) is 0 Å². The van der Waals surface area contributed by atoms with Gasteiger partial charge in [-0.25, -0.2) is 0 Å². The van der Waals surface area contributed by atoms with Crippen molar-refractivity contribution in [3.63, 3.8) is 0 Å². The Balaban J connectivity index is 2.56. The Morgan fingerprint density at radius 1 is 1.56 bits per heavy atom. The number of hydrogen-bond donors (Lipinski definition) is 1. The Morgan fingerprint density at radius 3 is 2.94 bits per heavy atom. The van der Waals surface area contributed by atoms with Crippen LogP contribution in [0.25, 0.3) is 0 Å². The molecule has 5 heteroatoms. The number of fused-ring (bicyclic) bond motifs is 1. The number of rotatable bonds is 2. The molecule has 1 aliphatic heterocycles. The average Bonchev–Trinajstić information content (AvgIpc) is 2.32. The first-order valence-corrected chi connectivity index (χ1v) is 4.88. The monoisotopic (exact) mass is 223 g/mol. The largest absolute Gasteiger partial charge is 0.493 e. The zero-order valence-electron chi connectivity index (χ0n) is 9.19. The van der Waals surface area contributed by atoms with E-state index in [4.69, 9.17) is 14.6 Å². The second-order valence-corrected chi connectivity index (χ2v) is 3.55. The maximum absolute atomic E-state index is 11.5. The molecule has 86 valence electrons. The van der Waals surface area contributed by atoms with Crippen LogP contribution in [0.1, 0.15) is 5.56 Å². The first-order valence-electron chi connectivity index (χ1n) is 4.88. The van der Waals surface area contributed by atoms with E-state index in [9.17, 15) is 4.79 Å². The van der Waals surface area contributed by atoms with Gasteiger partial charge >= 0.3 is 0 Å². The maximum Gasteiger partial charge on any atom is 0.264 e. The van der Waals surface area contributed by atoms with Crippen LogP contribution >= 0.6 is 0 Å². The van der Waals surface area contributed by atoms with Gasteiger partial charge in [-0.15, -0.1) is 0 Å². The molecule has 1 aromatic carbocycles. The minimum absolute atomic E-state index is 0.0122. The van der Waals surface area contributed by atoms with Gasteiger partial charge in [-0.05, 0) is 17.7 Å².